The van der Waals surface area contributed by atoms with Crippen LogP contribution in [-0.4, -0.2) is 25.1 Å². The zero-order valence-corrected chi connectivity index (χ0v) is 14.7. The van der Waals surface area contributed by atoms with E-state index in [1.54, 1.807) is 0 Å². The Bertz CT molecular complexity index is 1070. The van der Waals surface area contributed by atoms with E-state index in [0.717, 1.165) is 16.8 Å². The first kappa shape index (κ1) is 15.9. The first-order valence-electron chi connectivity index (χ1n) is 8.78. The van der Waals surface area contributed by atoms with Crippen molar-refractivity contribution in [2.24, 2.45) is 0 Å². The first-order valence-corrected chi connectivity index (χ1v) is 8.78. The van der Waals surface area contributed by atoms with Gasteiger partial charge in [0.25, 0.3) is 5.89 Å². The van der Waals surface area contributed by atoms with E-state index in [-0.39, 0.29) is 6.10 Å². The van der Waals surface area contributed by atoms with Crippen molar-refractivity contribution in [3.05, 3.63) is 71.4 Å². The van der Waals surface area contributed by atoms with Crippen LogP contribution >= 0.6 is 0 Å². The second-order valence-corrected chi connectivity index (χ2v) is 6.57. The standard InChI is InChI=1S/C20H17N5O2/c1-13-7-9-14(10-8-13)17-11-25-16(12-26-17)18(22-24-25)19-21-20(27-23-19)15-5-3-2-4-6-15/h2-10,17H,11-12H2,1H3. The lowest BCUT2D eigenvalue weighted by molar-refractivity contribution is -0.00112. The van der Waals surface area contributed by atoms with Crippen molar-refractivity contribution in [1.29, 1.82) is 0 Å². The molecule has 7 heteroatoms. The van der Waals surface area contributed by atoms with E-state index in [9.17, 15) is 0 Å². The van der Waals surface area contributed by atoms with Crippen LogP contribution in [-0.2, 0) is 17.9 Å². The lowest BCUT2D eigenvalue weighted by atomic mass is 10.1. The third-order valence-electron chi connectivity index (χ3n) is 4.71. The SMILES string of the molecule is Cc1ccc(C2Cn3nnc(-c4noc(-c5ccccc5)n4)c3CO2)cc1. The summed E-state index contributed by atoms with van der Waals surface area (Å²) in [6.45, 7) is 3.08. The van der Waals surface area contributed by atoms with Crippen molar-refractivity contribution in [1.82, 2.24) is 25.1 Å². The number of fused-ring (bicyclic) bond motifs is 1. The number of nitrogens with zero attached hydrogens (tertiary/aromatic N) is 5. The van der Waals surface area contributed by atoms with Crippen molar-refractivity contribution in [3.8, 4) is 23.0 Å². The minimum Gasteiger partial charge on any atom is -0.365 e. The third kappa shape index (κ3) is 2.92. The third-order valence-corrected chi connectivity index (χ3v) is 4.71. The van der Waals surface area contributed by atoms with Crippen molar-refractivity contribution < 1.29 is 9.26 Å². The smallest absolute Gasteiger partial charge is 0.258 e. The summed E-state index contributed by atoms with van der Waals surface area (Å²) in [5, 5.41) is 12.6. The minimum atomic E-state index is -0.0437. The van der Waals surface area contributed by atoms with E-state index in [4.69, 9.17) is 9.26 Å². The zero-order chi connectivity index (χ0) is 18.2. The molecular formula is C20H17N5O2. The molecule has 1 aliphatic rings. The molecule has 0 saturated carbocycles. The molecule has 2 aromatic heterocycles. The second-order valence-electron chi connectivity index (χ2n) is 6.57. The molecule has 0 radical (unpaired) electrons. The van der Waals surface area contributed by atoms with Gasteiger partial charge < -0.3 is 9.26 Å². The highest BCUT2D eigenvalue weighted by Crippen LogP contribution is 2.30. The number of benzene rings is 2. The average Bonchev–Trinajstić information content (AvgIpc) is 3.36. The lowest BCUT2D eigenvalue weighted by Crippen LogP contribution is -2.22. The average molecular weight is 359 g/mol. The summed E-state index contributed by atoms with van der Waals surface area (Å²) in [5.41, 5.74) is 4.69. The van der Waals surface area contributed by atoms with Gasteiger partial charge in [0.1, 0.15) is 6.10 Å². The van der Waals surface area contributed by atoms with E-state index >= 15 is 0 Å². The Hall–Kier alpha value is -3.32. The largest absolute Gasteiger partial charge is 0.365 e. The molecule has 3 heterocycles. The summed E-state index contributed by atoms with van der Waals surface area (Å²) < 4.78 is 13.3. The Balaban J connectivity index is 1.42. The van der Waals surface area contributed by atoms with E-state index in [1.165, 1.54) is 5.56 Å². The van der Waals surface area contributed by atoms with Crippen molar-refractivity contribution in [3.63, 3.8) is 0 Å². The van der Waals surface area contributed by atoms with Crippen LogP contribution in [0.3, 0.4) is 0 Å². The predicted molar refractivity (Wildman–Crippen MR) is 97.5 cm³/mol. The monoisotopic (exact) mass is 359 g/mol. The van der Waals surface area contributed by atoms with Gasteiger partial charge >= 0.3 is 0 Å². The molecule has 0 saturated heterocycles. The van der Waals surface area contributed by atoms with Crippen LogP contribution in [0.4, 0.5) is 0 Å². The number of ether oxygens (including phenoxy) is 1. The molecule has 134 valence electrons. The molecule has 0 fully saturated rings. The van der Waals surface area contributed by atoms with Crippen LogP contribution < -0.4 is 0 Å². The van der Waals surface area contributed by atoms with Gasteiger partial charge in [-0.3, -0.25) is 0 Å². The molecular weight excluding hydrogens is 342 g/mol. The van der Waals surface area contributed by atoms with Crippen molar-refractivity contribution in [2.45, 2.75) is 26.2 Å². The minimum absolute atomic E-state index is 0.0437. The van der Waals surface area contributed by atoms with E-state index < -0.39 is 0 Å². The molecule has 0 N–H and O–H groups in total. The summed E-state index contributed by atoms with van der Waals surface area (Å²) in [6.07, 6.45) is -0.0437. The topological polar surface area (TPSA) is 78.9 Å². The molecule has 1 unspecified atom stereocenters. The van der Waals surface area contributed by atoms with Gasteiger partial charge in [-0.05, 0) is 24.6 Å². The highest BCUT2D eigenvalue weighted by atomic mass is 16.5. The fourth-order valence-electron chi connectivity index (χ4n) is 3.19. The van der Waals surface area contributed by atoms with Gasteiger partial charge in [-0.2, -0.15) is 4.98 Å². The van der Waals surface area contributed by atoms with Gasteiger partial charge in [-0.25, -0.2) is 4.68 Å². The van der Waals surface area contributed by atoms with E-state index in [1.807, 2.05) is 35.0 Å². The lowest BCUT2D eigenvalue weighted by Gasteiger charge is -2.24. The molecule has 1 aliphatic heterocycles. The van der Waals surface area contributed by atoms with Crippen LogP contribution in [0.25, 0.3) is 23.0 Å². The molecule has 0 bridgehead atoms. The summed E-state index contributed by atoms with van der Waals surface area (Å²) in [6, 6.07) is 18.0. The Morgan fingerprint density at radius 2 is 1.85 bits per heavy atom. The van der Waals surface area contributed by atoms with Crippen LogP contribution in [0.5, 0.6) is 0 Å². The Morgan fingerprint density at radius 1 is 1.04 bits per heavy atom. The summed E-state index contributed by atoms with van der Waals surface area (Å²) in [4.78, 5) is 4.47. The Kier molecular flexibility index (Phi) is 3.79. The van der Waals surface area contributed by atoms with Gasteiger partial charge in [0.2, 0.25) is 5.82 Å². The number of aromatic nitrogens is 5. The summed E-state index contributed by atoms with van der Waals surface area (Å²) in [5.74, 6) is 0.883. The maximum Gasteiger partial charge on any atom is 0.258 e. The molecule has 0 amide bonds. The predicted octanol–water partition coefficient (Wildman–Crippen LogP) is 3.58. The van der Waals surface area contributed by atoms with Crippen LogP contribution in [0.2, 0.25) is 0 Å². The van der Waals surface area contributed by atoms with Gasteiger partial charge in [-0.15, -0.1) is 5.10 Å². The highest BCUT2D eigenvalue weighted by molar-refractivity contribution is 5.58. The molecule has 2 aromatic carbocycles. The fourth-order valence-corrected chi connectivity index (χ4v) is 3.19. The molecule has 0 spiro atoms. The molecule has 7 nitrogen and oxygen atoms in total. The zero-order valence-electron chi connectivity index (χ0n) is 14.7. The van der Waals surface area contributed by atoms with Crippen LogP contribution in [0.15, 0.2) is 59.1 Å². The van der Waals surface area contributed by atoms with Gasteiger partial charge in [0.05, 0.1) is 18.8 Å². The highest BCUT2D eigenvalue weighted by Gasteiger charge is 2.27. The van der Waals surface area contributed by atoms with E-state index in [2.05, 4.69) is 51.6 Å². The number of hydrogen-bond acceptors (Lipinski definition) is 6. The van der Waals surface area contributed by atoms with Crippen LogP contribution in [0, 0.1) is 6.92 Å². The Morgan fingerprint density at radius 3 is 2.67 bits per heavy atom. The second kappa shape index (κ2) is 6.44. The van der Waals surface area contributed by atoms with Gasteiger partial charge in [-0.1, -0.05) is 58.4 Å². The fraction of sp³-hybridized carbons (Fsp3) is 0.200. The number of rotatable bonds is 3. The quantitative estimate of drug-likeness (QED) is 0.556. The normalized spacial score (nSPS) is 16.3. The Labute approximate surface area is 155 Å². The van der Waals surface area contributed by atoms with Crippen molar-refractivity contribution in [2.75, 3.05) is 0 Å². The van der Waals surface area contributed by atoms with Crippen LogP contribution in [0.1, 0.15) is 22.9 Å². The molecule has 0 aliphatic carbocycles. The maximum atomic E-state index is 6.06. The number of hydrogen-bond donors (Lipinski definition) is 0. The van der Waals surface area contributed by atoms with Gasteiger partial charge in [0.15, 0.2) is 5.69 Å². The first-order chi connectivity index (χ1) is 13.3. The summed E-state index contributed by atoms with van der Waals surface area (Å²) >= 11 is 0. The molecule has 27 heavy (non-hydrogen) atoms. The van der Waals surface area contributed by atoms with Crippen molar-refractivity contribution >= 4 is 0 Å². The molecule has 1 atom stereocenters. The van der Waals surface area contributed by atoms with Gasteiger partial charge in [0, 0.05) is 5.56 Å². The molecule has 4 aromatic rings. The van der Waals surface area contributed by atoms with E-state index in [0.29, 0.717) is 30.6 Å². The maximum absolute atomic E-state index is 6.06. The molecule has 5 rings (SSSR count). The number of aryl methyl sites for hydroxylation is 1. The summed E-state index contributed by atoms with van der Waals surface area (Å²) in [7, 11) is 0.